The van der Waals surface area contributed by atoms with Gasteiger partial charge < -0.3 is 0 Å². The first-order valence-corrected chi connectivity index (χ1v) is 6.68. The highest BCUT2D eigenvalue weighted by atomic mass is 35.5. The lowest BCUT2D eigenvalue weighted by Crippen LogP contribution is -1.87. The van der Waals surface area contributed by atoms with E-state index in [0.717, 1.165) is 10.8 Å². The van der Waals surface area contributed by atoms with E-state index in [1.807, 2.05) is 6.07 Å². The molecule has 4 heteroatoms. The van der Waals surface area contributed by atoms with Gasteiger partial charge in [-0.3, -0.25) is 0 Å². The van der Waals surface area contributed by atoms with Gasteiger partial charge in [0.2, 0.25) is 5.28 Å². The van der Waals surface area contributed by atoms with Crippen molar-refractivity contribution in [2.75, 3.05) is 0 Å². The molecule has 1 aromatic carbocycles. The summed E-state index contributed by atoms with van der Waals surface area (Å²) in [5.74, 6) is 0.899. The number of thioether (sulfide) groups is 1. The van der Waals surface area contributed by atoms with Crippen LogP contribution >= 0.6 is 23.4 Å². The zero-order valence-corrected chi connectivity index (χ0v) is 11.3. The first kappa shape index (κ1) is 12.4. The van der Waals surface area contributed by atoms with E-state index in [9.17, 15) is 0 Å². The second kappa shape index (κ2) is 5.52. The van der Waals surface area contributed by atoms with Crippen LogP contribution in [-0.2, 0) is 5.75 Å². The van der Waals surface area contributed by atoms with Gasteiger partial charge in [-0.2, -0.15) is 0 Å². The van der Waals surface area contributed by atoms with Crippen LogP contribution in [0, 0.1) is 13.8 Å². The number of nitrogens with zero attached hydrogens (tertiary/aromatic N) is 2. The molecule has 0 fully saturated rings. The van der Waals surface area contributed by atoms with Crippen molar-refractivity contribution in [3.05, 3.63) is 52.4 Å². The van der Waals surface area contributed by atoms with E-state index in [4.69, 9.17) is 11.6 Å². The minimum absolute atomic E-state index is 0.301. The monoisotopic (exact) mass is 264 g/mol. The summed E-state index contributed by atoms with van der Waals surface area (Å²) in [4.78, 5) is 8.01. The van der Waals surface area contributed by atoms with Gasteiger partial charge in [0.1, 0.15) is 5.03 Å². The predicted molar refractivity (Wildman–Crippen MR) is 72.5 cm³/mol. The first-order valence-electron chi connectivity index (χ1n) is 5.32. The zero-order valence-electron chi connectivity index (χ0n) is 9.77. The fraction of sp³-hybridized carbons (Fsp3) is 0.231. The second-order valence-corrected chi connectivity index (χ2v) is 5.28. The van der Waals surface area contributed by atoms with Crippen molar-refractivity contribution >= 4 is 23.4 Å². The SMILES string of the molecule is Cc1cc(C)cc(CSc2ccnc(Cl)n2)c1. The van der Waals surface area contributed by atoms with Crippen LogP contribution in [0.4, 0.5) is 0 Å². The average Bonchev–Trinajstić information content (AvgIpc) is 2.25. The maximum absolute atomic E-state index is 5.74. The Morgan fingerprint density at radius 1 is 1.18 bits per heavy atom. The molecule has 2 rings (SSSR count). The van der Waals surface area contributed by atoms with E-state index in [1.165, 1.54) is 16.7 Å². The quantitative estimate of drug-likeness (QED) is 0.475. The maximum Gasteiger partial charge on any atom is 0.223 e. The lowest BCUT2D eigenvalue weighted by atomic mass is 10.1. The van der Waals surface area contributed by atoms with Gasteiger partial charge in [0.25, 0.3) is 0 Å². The molecule has 0 N–H and O–H groups in total. The van der Waals surface area contributed by atoms with Gasteiger partial charge >= 0.3 is 0 Å². The van der Waals surface area contributed by atoms with Gasteiger partial charge in [0, 0.05) is 11.9 Å². The largest absolute Gasteiger partial charge is 0.226 e. The van der Waals surface area contributed by atoms with E-state index < -0.39 is 0 Å². The number of hydrogen-bond donors (Lipinski definition) is 0. The molecule has 0 aliphatic carbocycles. The molecule has 0 saturated heterocycles. The summed E-state index contributed by atoms with van der Waals surface area (Å²) < 4.78 is 0. The van der Waals surface area contributed by atoms with Crippen molar-refractivity contribution in [2.24, 2.45) is 0 Å². The van der Waals surface area contributed by atoms with Gasteiger partial charge in [-0.15, -0.1) is 11.8 Å². The number of benzene rings is 1. The van der Waals surface area contributed by atoms with Gasteiger partial charge in [-0.25, -0.2) is 9.97 Å². The molecule has 2 nitrogen and oxygen atoms in total. The zero-order chi connectivity index (χ0) is 12.3. The third-order valence-electron chi connectivity index (χ3n) is 2.27. The van der Waals surface area contributed by atoms with E-state index in [0.29, 0.717) is 5.28 Å². The Balaban J connectivity index is 2.07. The van der Waals surface area contributed by atoms with Gasteiger partial charge in [0.15, 0.2) is 0 Å². The molecule has 0 spiro atoms. The van der Waals surface area contributed by atoms with E-state index in [1.54, 1.807) is 18.0 Å². The Morgan fingerprint density at radius 3 is 2.53 bits per heavy atom. The maximum atomic E-state index is 5.74. The molecule has 88 valence electrons. The number of aromatic nitrogens is 2. The minimum atomic E-state index is 0.301. The normalized spacial score (nSPS) is 10.5. The Bertz CT molecular complexity index is 508. The van der Waals surface area contributed by atoms with Crippen LogP contribution in [-0.4, -0.2) is 9.97 Å². The van der Waals surface area contributed by atoms with Gasteiger partial charge in [-0.1, -0.05) is 29.3 Å². The fourth-order valence-electron chi connectivity index (χ4n) is 1.71. The molecule has 1 aromatic heterocycles. The first-order chi connectivity index (χ1) is 8.13. The van der Waals surface area contributed by atoms with Crippen molar-refractivity contribution < 1.29 is 0 Å². The number of hydrogen-bond acceptors (Lipinski definition) is 3. The van der Waals surface area contributed by atoms with Crippen LogP contribution in [0.2, 0.25) is 5.28 Å². The average molecular weight is 265 g/mol. The molecule has 0 unspecified atom stereocenters. The standard InChI is InChI=1S/C13H13ClN2S/c1-9-5-10(2)7-11(6-9)8-17-12-3-4-15-13(14)16-12/h3-7H,8H2,1-2H3. The molecule has 0 aliphatic heterocycles. The fourth-order valence-corrected chi connectivity index (χ4v) is 2.70. The summed E-state index contributed by atoms with van der Waals surface area (Å²) in [6, 6.07) is 8.44. The van der Waals surface area contributed by atoms with Crippen LogP contribution in [0.5, 0.6) is 0 Å². The van der Waals surface area contributed by atoms with Crippen LogP contribution in [0.15, 0.2) is 35.5 Å². The summed E-state index contributed by atoms with van der Waals surface area (Å²) >= 11 is 7.41. The van der Waals surface area contributed by atoms with E-state index in [2.05, 4.69) is 42.0 Å². The van der Waals surface area contributed by atoms with Gasteiger partial charge in [-0.05, 0) is 37.1 Å². The van der Waals surface area contributed by atoms with Crippen molar-refractivity contribution in [1.82, 2.24) is 9.97 Å². The molecule has 0 aliphatic rings. The summed E-state index contributed by atoms with van der Waals surface area (Å²) in [6.45, 7) is 4.23. The number of halogens is 1. The molecule has 0 amide bonds. The van der Waals surface area contributed by atoms with Crippen LogP contribution in [0.3, 0.4) is 0 Å². The Labute approximate surface area is 110 Å². The second-order valence-electron chi connectivity index (χ2n) is 3.95. The Hall–Kier alpha value is -1.06. The predicted octanol–water partition coefficient (Wildman–Crippen LogP) is 4.04. The highest BCUT2D eigenvalue weighted by Crippen LogP contribution is 2.22. The molecular weight excluding hydrogens is 252 g/mol. The van der Waals surface area contributed by atoms with Gasteiger partial charge in [0.05, 0.1) is 0 Å². The lowest BCUT2D eigenvalue weighted by Gasteiger charge is -2.04. The number of rotatable bonds is 3. The summed E-state index contributed by atoms with van der Waals surface area (Å²) in [7, 11) is 0. The van der Waals surface area contributed by atoms with E-state index in [-0.39, 0.29) is 0 Å². The third kappa shape index (κ3) is 3.72. The molecule has 0 saturated carbocycles. The van der Waals surface area contributed by atoms with E-state index >= 15 is 0 Å². The Kier molecular flexibility index (Phi) is 4.02. The van der Waals surface area contributed by atoms with Crippen LogP contribution in [0.1, 0.15) is 16.7 Å². The summed E-state index contributed by atoms with van der Waals surface area (Å²) in [6.07, 6.45) is 1.68. The molecule has 1 heterocycles. The highest BCUT2D eigenvalue weighted by Gasteiger charge is 2.00. The molecule has 17 heavy (non-hydrogen) atoms. The van der Waals surface area contributed by atoms with Crippen LogP contribution < -0.4 is 0 Å². The van der Waals surface area contributed by atoms with Crippen molar-refractivity contribution in [1.29, 1.82) is 0 Å². The molecule has 2 aromatic rings. The lowest BCUT2D eigenvalue weighted by molar-refractivity contribution is 1.05. The molecule has 0 bridgehead atoms. The van der Waals surface area contributed by atoms with Crippen molar-refractivity contribution in [3.63, 3.8) is 0 Å². The summed E-state index contributed by atoms with van der Waals surface area (Å²) in [5.41, 5.74) is 3.89. The third-order valence-corrected chi connectivity index (χ3v) is 3.45. The highest BCUT2D eigenvalue weighted by molar-refractivity contribution is 7.98. The van der Waals surface area contributed by atoms with Crippen molar-refractivity contribution in [3.8, 4) is 0 Å². The minimum Gasteiger partial charge on any atom is -0.226 e. The smallest absolute Gasteiger partial charge is 0.223 e. The number of aryl methyl sites for hydroxylation is 2. The van der Waals surface area contributed by atoms with Crippen LogP contribution in [0.25, 0.3) is 0 Å². The van der Waals surface area contributed by atoms with Crippen molar-refractivity contribution in [2.45, 2.75) is 24.6 Å². The molecule has 0 radical (unpaired) electrons. The molecule has 0 atom stereocenters. The summed E-state index contributed by atoms with van der Waals surface area (Å²) in [5, 5.41) is 1.21. The molecular formula is C13H13ClN2S. The Morgan fingerprint density at radius 2 is 1.88 bits per heavy atom. The topological polar surface area (TPSA) is 25.8 Å².